The lowest BCUT2D eigenvalue weighted by Crippen LogP contribution is -2.35. The van der Waals surface area contributed by atoms with Crippen LogP contribution in [0.25, 0.3) is 82.6 Å². The number of nitriles is 2. The normalized spacial score (nSPS) is 15.6. The Bertz CT molecular complexity index is 7160. The third-order valence-electron chi connectivity index (χ3n) is 26.3. The number of hydrogen-bond acceptors (Lipinski definition) is 17. The highest BCUT2D eigenvalue weighted by Gasteiger charge is 2.44. The molecule has 0 spiro atoms. The van der Waals surface area contributed by atoms with E-state index < -0.39 is 59.2 Å². The number of unbranched alkanes of at least 4 members (excludes halogenated alkanes) is 9. The number of esters is 2. The lowest BCUT2D eigenvalue weighted by Gasteiger charge is -2.27. The van der Waals surface area contributed by atoms with E-state index in [9.17, 15) is 49.5 Å². The van der Waals surface area contributed by atoms with E-state index in [-0.39, 0.29) is 31.6 Å². The summed E-state index contributed by atoms with van der Waals surface area (Å²) in [5, 5.41) is 39.2. The highest BCUT2D eigenvalue weighted by Crippen LogP contribution is 2.56. The number of carboxylic acids is 2. The molecular weight excluding hydrogens is 1820 g/mol. The van der Waals surface area contributed by atoms with Crippen molar-refractivity contribution in [1.29, 1.82) is 10.5 Å². The van der Waals surface area contributed by atoms with Crippen molar-refractivity contribution in [2.75, 3.05) is 23.0 Å². The average Bonchev–Trinajstić information content (AvgIpc) is 1.58. The second-order valence-electron chi connectivity index (χ2n) is 35.7. The maximum Gasteiger partial charge on any atom is 0.352 e. The predicted molar refractivity (Wildman–Crippen MR) is 572 cm³/mol. The number of aromatic nitrogens is 2. The van der Waals surface area contributed by atoms with Crippen LogP contribution < -0.4 is 39.3 Å². The van der Waals surface area contributed by atoms with Crippen LogP contribution in [0.2, 0.25) is 0 Å². The highest BCUT2D eigenvalue weighted by molar-refractivity contribution is 7.27. The number of rotatable bonds is 39. The molecule has 0 saturated heterocycles. The Morgan fingerprint density at radius 1 is 0.446 bits per heavy atom. The summed E-state index contributed by atoms with van der Waals surface area (Å²) in [7, 11) is 0. The van der Waals surface area contributed by atoms with Crippen LogP contribution in [0, 0.1) is 22.7 Å². The minimum atomic E-state index is -1.28. The second-order valence-corrected chi connectivity index (χ2v) is 40.9. The molecule has 21 heteroatoms. The van der Waals surface area contributed by atoms with Crippen LogP contribution in [0.15, 0.2) is 265 Å². The largest absolute Gasteiger partial charge is 0.480 e. The first-order valence-electron chi connectivity index (χ1n) is 48.5. The van der Waals surface area contributed by atoms with E-state index in [4.69, 9.17) is 9.47 Å². The smallest absolute Gasteiger partial charge is 0.352 e. The molecule has 16 nitrogen and oxygen atoms in total. The number of carbonyl (C=O) groups excluding carboxylic acids is 2. The van der Waals surface area contributed by atoms with E-state index in [1.807, 2.05) is 53.0 Å². The summed E-state index contributed by atoms with van der Waals surface area (Å²) >= 11 is 7.34. The van der Waals surface area contributed by atoms with Gasteiger partial charge in [-0.05, 0) is 239 Å². The quantitative estimate of drug-likeness (QED) is 0.0158. The van der Waals surface area contributed by atoms with Gasteiger partial charge in [0.15, 0.2) is 11.1 Å². The number of fused-ring (bicyclic) bond motifs is 6. The molecule has 139 heavy (non-hydrogen) atoms. The van der Waals surface area contributed by atoms with Gasteiger partial charge < -0.3 is 29.5 Å². The van der Waals surface area contributed by atoms with Gasteiger partial charge in [0, 0.05) is 75.9 Å². The number of hydrogen-bond donors (Lipinski definition) is 2. The first-order chi connectivity index (χ1) is 68.0. The molecule has 2 N–H and O–H groups in total. The third-order valence-corrected chi connectivity index (χ3v) is 32.5. The Balaban J connectivity index is 0.000000222. The Hall–Kier alpha value is -13.6. The summed E-state index contributed by atoms with van der Waals surface area (Å²) in [5.74, 6) is -3.53. The molecule has 17 rings (SSSR count). The van der Waals surface area contributed by atoms with Gasteiger partial charge in [0.2, 0.25) is 0 Å². The summed E-state index contributed by atoms with van der Waals surface area (Å²) in [5.41, 5.74) is 21.3. The Labute approximate surface area is 832 Å². The number of thiazole rings is 2. The van der Waals surface area contributed by atoms with Crippen molar-refractivity contribution in [3.63, 3.8) is 0 Å². The number of anilines is 4. The van der Waals surface area contributed by atoms with Crippen LogP contribution in [-0.4, -0.2) is 68.5 Å². The van der Waals surface area contributed by atoms with E-state index in [0.29, 0.717) is 23.9 Å². The summed E-state index contributed by atoms with van der Waals surface area (Å²) in [6.45, 7) is 12.2. The predicted octanol–water partition coefficient (Wildman–Crippen LogP) is 25.4. The van der Waals surface area contributed by atoms with Crippen molar-refractivity contribution in [3.8, 4) is 42.1 Å². The monoisotopic (exact) mass is 1930 g/mol. The number of thiophene rings is 3. The SMILES string of the molecule is C=CCOC(=O)/C(C#N)=c1/s/c(=C/c2sc(-c3sc(-c4sc(-c5ccc6c(c5)C5CCCC5N6c5ccc(C=C(c6ccccc6)c6ccccc6)cc5)cc4CCCCCC)cc3CCCCCC)cc2CCCCCC)c(=O)n1CC(=O)O.C=CCOC(=O)/C(C#N)=c1/s/c(=C\C=C\c2ccc3c(c2)C2CCCC2N3c2ccc(C=C(c3ccccc3)c3ccccc3)cc2)c(=O)n1CC(=O)O. The van der Waals surface area contributed by atoms with Gasteiger partial charge in [-0.1, -0.05) is 287 Å². The number of allylic oxidation sites excluding steroid dienone is 1. The fourth-order valence-corrected chi connectivity index (χ4v) is 25.7. The molecule has 706 valence electrons. The van der Waals surface area contributed by atoms with Crippen molar-refractivity contribution in [1.82, 2.24) is 9.13 Å². The minimum absolute atomic E-state index is 0.0358. The van der Waals surface area contributed by atoms with E-state index in [1.54, 1.807) is 29.6 Å². The molecule has 0 amide bonds. The van der Waals surface area contributed by atoms with Crippen molar-refractivity contribution in [3.05, 3.63) is 367 Å². The Morgan fingerprint density at radius 3 is 1.29 bits per heavy atom. The molecule has 4 atom stereocenters. The van der Waals surface area contributed by atoms with Crippen LogP contribution in [0.5, 0.6) is 0 Å². The van der Waals surface area contributed by atoms with Crippen LogP contribution in [0.3, 0.4) is 0 Å². The molecule has 4 aliphatic rings. The van der Waals surface area contributed by atoms with Crippen LogP contribution >= 0.6 is 56.7 Å². The van der Waals surface area contributed by atoms with Crippen molar-refractivity contribution < 1.29 is 38.9 Å². The van der Waals surface area contributed by atoms with Crippen molar-refractivity contribution >= 4 is 156 Å². The molecule has 2 saturated carbocycles. The fraction of sp³-hybridized carbons (Fsp3) is 0.271. The topological polar surface area (TPSA) is 225 Å². The number of carbonyl (C=O) groups is 4. The molecule has 2 aliphatic carbocycles. The fourth-order valence-electron chi connectivity index (χ4n) is 19.7. The lowest BCUT2D eigenvalue weighted by molar-refractivity contribution is -0.138. The van der Waals surface area contributed by atoms with Gasteiger partial charge in [0.05, 0.1) is 9.06 Å². The summed E-state index contributed by atoms with van der Waals surface area (Å²) in [4.78, 5) is 89.1. The zero-order chi connectivity index (χ0) is 96.8. The van der Waals surface area contributed by atoms with Gasteiger partial charge in [0.25, 0.3) is 11.1 Å². The molecule has 8 aromatic carbocycles. The molecule has 13 aromatic rings. The number of nitrogens with zero attached hydrogens (tertiary/aromatic N) is 6. The molecule has 0 bridgehead atoms. The van der Waals surface area contributed by atoms with E-state index >= 15 is 0 Å². The van der Waals surface area contributed by atoms with E-state index in [1.165, 1.54) is 160 Å². The van der Waals surface area contributed by atoms with E-state index in [2.05, 4.69) is 268 Å². The maximum atomic E-state index is 14.2. The first-order valence-corrected chi connectivity index (χ1v) is 52.5. The standard InChI is InChI=1S/C73H77N3O5S4.C45H37N3O5S/c1-5-9-12-17-29-52-43-65(82-64(52)46-67-71(79)75(48-68(77)78)72(85-67)60(47-74)73(80)81-40-8-4)69-55(31-19-14-11-7-3)45-66(84-69)70-54(30-18-13-10-6-2)44-63(83-70)53-36-39-62-59(42-53)57-32-24-33-61(57)76(62)56-37-34-49(35-38-56)41-58(50-25-20-15-21-26-50)51-27-22-16-23-28-51;1-2-25-53-45(52)38(28-46)44-47(29-42(49)50)43(51)41(54-44)18-9-11-30-21-24-40-37(27-30)35-16-10-17-39(35)48(40)34-22-19-31(20-23-34)26-36(32-12-5-3-6-13-32)33-14-7-4-8-15-33/h8,15-16,20-23,25-28,34-39,41-46,57,61H,4-7,9-14,17-19,24,29-33,40,48H2,1-3H3,(H,77,78);2-9,11-15,18-24,26-27,35,39H,1,10,16-17,25,29H2,(H,49,50)/b67-46+,72-60+;11-9+,41-18-,44-38+. The second kappa shape index (κ2) is 47.1. The number of aliphatic carboxylic acids is 2. The zero-order valence-corrected chi connectivity index (χ0v) is 82.8. The molecular formula is C118H114N6O10S5. The molecule has 0 radical (unpaired) electrons. The van der Waals surface area contributed by atoms with Crippen LogP contribution in [0.1, 0.15) is 220 Å². The third kappa shape index (κ3) is 23.0. The summed E-state index contributed by atoms with van der Waals surface area (Å²) < 4.78 is 12.5. The lowest BCUT2D eigenvalue weighted by atomic mass is 9.95. The zero-order valence-electron chi connectivity index (χ0n) is 78.8. The van der Waals surface area contributed by atoms with Crippen molar-refractivity contribution in [2.45, 2.75) is 193 Å². The van der Waals surface area contributed by atoms with Gasteiger partial charge >= 0.3 is 23.9 Å². The van der Waals surface area contributed by atoms with Crippen molar-refractivity contribution in [2.24, 2.45) is 0 Å². The summed E-state index contributed by atoms with van der Waals surface area (Å²) in [6, 6.07) is 85.8. The van der Waals surface area contributed by atoms with Gasteiger partial charge in [-0.2, -0.15) is 10.5 Å². The van der Waals surface area contributed by atoms with Crippen LogP contribution in [0.4, 0.5) is 22.7 Å². The Morgan fingerprint density at radius 2 is 0.849 bits per heavy atom. The van der Waals surface area contributed by atoms with Crippen LogP contribution in [-0.2, 0) is 61.0 Å². The molecule has 5 aromatic heterocycles. The minimum Gasteiger partial charge on any atom is -0.480 e. The number of aryl methyl sites for hydroxylation is 3. The number of ether oxygens (including phenoxy) is 2. The summed E-state index contributed by atoms with van der Waals surface area (Å²) in [6.07, 6.45) is 37.8. The van der Waals surface area contributed by atoms with Gasteiger partial charge in [0.1, 0.15) is 47.8 Å². The number of benzene rings is 8. The molecule has 2 fully saturated rings. The molecule has 7 heterocycles. The van der Waals surface area contributed by atoms with Gasteiger partial charge in [-0.3, -0.25) is 28.3 Å². The first kappa shape index (κ1) is 98.4. The molecule has 2 aliphatic heterocycles. The highest BCUT2D eigenvalue weighted by atomic mass is 32.1. The average molecular weight is 1940 g/mol. The van der Waals surface area contributed by atoms with E-state index in [0.717, 1.165) is 154 Å². The van der Waals surface area contributed by atoms with Gasteiger partial charge in [-0.25, -0.2) is 9.59 Å². The maximum absolute atomic E-state index is 14.2. The number of carboxylic acid groups (broad SMARTS) is 2. The molecule has 4 unspecified atom stereocenters. The van der Waals surface area contributed by atoms with Gasteiger partial charge in [-0.15, -0.1) is 56.7 Å². The Kier molecular flexibility index (Phi) is 33.4.